The van der Waals surface area contributed by atoms with Crippen molar-refractivity contribution in [3.63, 3.8) is 0 Å². The first-order valence-electron chi connectivity index (χ1n) is 6.48. The van der Waals surface area contributed by atoms with Crippen LogP contribution < -0.4 is 11.1 Å². The van der Waals surface area contributed by atoms with Gasteiger partial charge in [0.2, 0.25) is 5.95 Å². The molecule has 2 aromatic heterocycles. The number of halogens is 2. The topological polar surface area (TPSA) is 94.0 Å². The van der Waals surface area contributed by atoms with Gasteiger partial charge in [-0.2, -0.15) is 0 Å². The van der Waals surface area contributed by atoms with Crippen LogP contribution in [0.25, 0.3) is 11.5 Å². The fourth-order valence-corrected chi connectivity index (χ4v) is 1.90. The highest BCUT2D eigenvalue weighted by molar-refractivity contribution is 6.03. The van der Waals surface area contributed by atoms with Crippen LogP contribution in [-0.4, -0.2) is 15.9 Å². The third-order valence-electron chi connectivity index (χ3n) is 2.93. The van der Waals surface area contributed by atoms with E-state index in [0.29, 0.717) is 11.5 Å². The number of benzene rings is 1. The maximum Gasteiger partial charge on any atom is 0.274 e. The van der Waals surface area contributed by atoms with E-state index >= 15 is 0 Å². The second-order valence-electron chi connectivity index (χ2n) is 4.56. The highest BCUT2D eigenvalue weighted by Crippen LogP contribution is 2.20. The van der Waals surface area contributed by atoms with E-state index in [1.807, 2.05) is 0 Å². The molecule has 3 N–H and O–H groups in total. The Hall–Kier alpha value is -3.29. The van der Waals surface area contributed by atoms with Gasteiger partial charge in [-0.3, -0.25) is 4.79 Å². The zero-order valence-electron chi connectivity index (χ0n) is 11.6. The molecule has 3 rings (SSSR count). The Kier molecular flexibility index (Phi) is 3.71. The SMILES string of the molecule is Nc1nc(C(=O)Nc2ccc(F)c(F)c2)cc(-c2ccco2)n1. The highest BCUT2D eigenvalue weighted by Gasteiger charge is 2.14. The van der Waals surface area contributed by atoms with Gasteiger partial charge in [0.25, 0.3) is 5.91 Å². The van der Waals surface area contributed by atoms with Gasteiger partial charge in [-0.25, -0.2) is 18.7 Å². The normalized spacial score (nSPS) is 10.5. The van der Waals surface area contributed by atoms with E-state index in [2.05, 4.69) is 15.3 Å². The molecule has 8 heteroatoms. The summed E-state index contributed by atoms with van der Waals surface area (Å²) in [4.78, 5) is 20.0. The molecule has 2 heterocycles. The molecule has 0 spiro atoms. The van der Waals surface area contributed by atoms with Crippen molar-refractivity contribution < 1.29 is 18.0 Å². The van der Waals surface area contributed by atoms with Crippen LogP contribution in [0, 0.1) is 11.6 Å². The number of amides is 1. The number of aromatic nitrogens is 2. The molecule has 0 unspecified atom stereocenters. The van der Waals surface area contributed by atoms with Gasteiger partial charge < -0.3 is 15.5 Å². The van der Waals surface area contributed by atoms with Gasteiger partial charge in [-0.15, -0.1) is 0 Å². The molecule has 6 nitrogen and oxygen atoms in total. The first kappa shape index (κ1) is 14.6. The largest absolute Gasteiger partial charge is 0.463 e. The van der Waals surface area contributed by atoms with Crippen LogP contribution in [0.15, 0.2) is 47.1 Å². The predicted molar refractivity (Wildman–Crippen MR) is 78.5 cm³/mol. The smallest absolute Gasteiger partial charge is 0.274 e. The molecule has 0 fully saturated rings. The summed E-state index contributed by atoms with van der Waals surface area (Å²) >= 11 is 0. The molecule has 3 aromatic rings. The van der Waals surface area contributed by atoms with Crippen molar-refractivity contribution in [1.82, 2.24) is 9.97 Å². The number of nitrogens with two attached hydrogens (primary N) is 1. The van der Waals surface area contributed by atoms with Gasteiger partial charge >= 0.3 is 0 Å². The molecule has 0 aliphatic heterocycles. The second-order valence-corrected chi connectivity index (χ2v) is 4.56. The molecule has 0 bridgehead atoms. The molecule has 0 atom stereocenters. The third kappa shape index (κ3) is 3.15. The molecule has 23 heavy (non-hydrogen) atoms. The van der Waals surface area contributed by atoms with Crippen LogP contribution in [-0.2, 0) is 0 Å². The van der Waals surface area contributed by atoms with Crippen LogP contribution in [0.2, 0.25) is 0 Å². The Labute approximate surface area is 129 Å². The molecule has 0 radical (unpaired) electrons. The number of hydrogen-bond acceptors (Lipinski definition) is 5. The van der Waals surface area contributed by atoms with Crippen LogP contribution in [0.5, 0.6) is 0 Å². The van der Waals surface area contributed by atoms with E-state index in [-0.39, 0.29) is 17.3 Å². The van der Waals surface area contributed by atoms with Gasteiger partial charge in [-0.05, 0) is 30.3 Å². The fraction of sp³-hybridized carbons (Fsp3) is 0. The molecule has 0 aliphatic rings. The van der Waals surface area contributed by atoms with Gasteiger partial charge in [0, 0.05) is 11.8 Å². The zero-order chi connectivity index (χ0) is 16.4. The number of furan rings is 1. The molecule has 1 aromatic carbocycles. The van der Waals surface area contributed by atoms with E-state index < -0.39 is 17.5 Å². The van der Waals surface area contributed by atoms with Crippen LogP contribution >= 0.6 is 0 Å². The quantitative estimate of drug-likeness (QED) is 0.775. The average Bonchev–Trinajstić information content (AvgIpc) is 3.05. The summed E-state index contributed by atoms with van der Waals surface area (Å²) in [5.74, 6) is -2.41. The monoisotopic (exact) mass is 316 g/mol. The Morgan fingerprint density at radius 3 is 2.65 bits per heavy atom. The van der Waals surface area contributed by atoms with Crippen LogP contribution in [0.4, 0.5) is 20.4 Å². The van der Waals surface area contributed by atoms with Crippen LogP contribution in [0.1, 0.15) is 10.5 Å². The van der Waals surface area contributed by atoms with E-state index in [4.69, 9.17) is 10.2 Å². The van der Waals surface area contributed by atoms with E-state index in [9.17, 15) is 13.6 Å². The molecule has 0 aliphatic carbocycles. The summed E-state index contributed by atoms with van der Waals surface area (Å²) in [6.45, 7) is 0. The fourth-order valence-electron chi connectivity index (χ4n) is 1.90. The van der Waals surface area contributed by atoms with Crippen molar-refractivity contribution in [1.29, 1.82) is 0 Å². The molecular weight excluding hydrogens is 306 g/mol. The number of nitrogens with one attached hydrogen (secondary N) is 1. The Morgan fingerprint density at radius 2 is 1.96 bits per heavy atom. The minimum absolute atomic E-state index is 0.0337. The molecule has 116 valence electrons. The van der Waals surface area contributed by atoms with Gasteiger partial charge in [0.05, 0.1) is 6.26 Å². The maximum atomic E-state index is 13.2. The lowest BCUT2D eigenvalue weighted by Crippen LogP contribution is -2.15. The van der Waals surface area contributed by atoms with Gasteiger partial charge in [0.1, 0.15) is 11.4 Å². The number of anilines is 2. The Balaban J connectivity index is 1.88. The zero-order valence-corrected chi connectivity index (χ0v) is 11.6. The molecule has 1 amide bonds. The Morgan fingerprint density at radius 1 is 1.13 bits per heavy atom. The number of rotatable bonds is 3. The van der Waals surface area contributed by atoms with Crippen molar-refractivity contribution >= 4 is 17.5 Å². The first-order valence-corrected chi connectivity index (χ1v) is 6.48. The lowest BCUT2D eigenvalue weighted by Gasteiger charge is -2.07. The summed E-state index contributed by atoms with van der Waals surface area (Å²) in [5.41, 5.74) is 5.97. The number of carbonyl (C=O) groups is 1. The first-order chi connectivity index (χ1) is 11.0. The molecule has 0 saturated heterocycles. The van der Waals surface area contributed by atoms with Crippen molar-refractivity contribution in [2.24, 2.45) is 0 Å². The van der Waals surface area contributed by atoms with Crippen molar-refractivity contribution in [2.75, 3.05) is 11.1 Å². The van der Waals surface area contributed by atoms with Crippen LogP contribution in [0.3, 0.4) is 0 Å². The average molecular weight is 316 g/mol. The number of carbonyl (C=O) groups excluding carboxylic acids is 1. The second kappa shape index (κ2) is 5.84. The summed E-state index contributed by atoms with van der Waals surface area (Å²) in [6.07, 6.45) is 1.45. The van der Waals surface area contributed by atoms with Gasteiger partial charge in [0.15, 0.2) is 17.4 Å². The number of hydrogen-bond donors (Lipinski definition) is 2. The predicted octanol–water partition coefficient (Wildman–Crippen LogP) is 2.85. The molecular formula is C15H10F2N4O2. The summed E-state index contributed by atoms with van der Waals surface area (Å²) < 4.78 is 31.2. The van der Waals surface area contributed by atoms with E-state index in [0.717, 1.165) is 12.1 Å². The van der Waals surface area contributed by atoms with Gasteiger partial charge in [-0.1, -0.05) is 0 Å². The Bertz CT molecular complexity index is 866. The van der Waals surface area contributed by atoms with E-state index in [1.165, 1.54) is 18.4 Å². The van der Waals surface area contributed by atoms with Crippen molar-refractivity contribution in [3.8, 4) is 11.5 Å². The number of nitrogen functional groups attached to an aromatic ring is 1. The third-order valence-corrected chi connectivity index (χ3v) is 2.93. The molecule has 0 saturated carbocycles. The summed E-state index contributed by atoms with van der Waals surface area (Å²) in [5, 5.41) is 2.40. The number of nitrogens with zero attached hydrogens (tertiary/aromatic N) is 2. The minimum atomic E-state index is -1.07. The summed E-state index contributed by atoms with van der Waals surface area (Å²) in [6, 6.07) is 7.70. The lowest BCUT2D eigenvalue weighted by atomic mass is 10.2. The minimum Gasteiger partial charge on any atom is -0.463 e. The summed E-state index contributed by atoms with van der Waals surface area (Å²) in [7, 11) is 0. The highest BCUT2D eigenvalue weighted by atomic mass is 19.2. The van der Waals surface area contributed by atoms with E-state index in [1.54, 1.807) is 12.1 Å². The van der Waals surface area contributed by atoms with Crippen molar-refractivity contribution in [3.05, 3.63) is 60.0 Å². The maximum absolute atomic E-state index is 13.2. The van der Waals surface area contributed by atoms with Crippen molar-refractivity contribution in [2.45, 2.75) is 0 Å². The standard InChI is InChI=1S/C15H10F2N4O2/c16-9-4-3-8(6-10(9)17)19-14(22)12-7-11(20-15(18)21-12)13-2-1-5-23-13/h1-7H,(H,19,22)(H2,18,20,21). The lowest BCUT2D eigenvalue weighted by molar-refractivity contribution is 0.102.